The predicted octanol–water partition coefficient (Wildman–Crippen LogP) is 3.75. The Kier molecular flexibility index (Phi) is 5.46. The Morgan fingerprint density at radius 2 is 1.52 bits per heavy atom. The van der Waals surface area contributed by atoms with Gasteiger partial charge in [0.2, 0.25) is 5.95 Å². The summed E-state index contributed by atoms with van der Waals surface area (Å²) in [5, 5.41) is 3.35. The highest BCUT2D eigenvalue weighted by molar-refractivity contribution is 5.61. The van der Waals surface area contributed by atoms with Crippen molar-refractivity contribution in [1.82, 2.24) is 9.97 Å². The number of hydrogen-bond acceptors (Lipinski definition) is 6. The van der Waals surface area contributed by atoms with Crippen molar-refractivity contribution in [3.8, 4) is 0 Å². The number of benzene rings is 2. The summed E-state index contributed by atoms with van der Waals surface area (Å²) in [7, 11) is 4.05. The lowest BCUT2D eigenvalue weighted by Gasteiger charge is -2.36. The lowest BCUT2D eigenvalue weighted by molar-refractivity contribution is 0.623. The van der Waals surface area contributed by atoms with Crippen LogP contribution in [0.5, 0.6) is 0 Å². The van der Waals surface area contributed by atoms with E-state index in [1.807, 2.05) is 44.4 Å². The number of nitrogens with zero attached hydrogens (tertiary/aromatic N) is 5. The molecule has 29 heavy (non-hydrogen) atoms. The van der Waals surface area contributed by atoms with E-state index in [-0.39, 0.29) is 5.82 Å². The second kappa shape index (κ2) is 8.34. The van der Waals surface area contributed by atoms with Crippen molar-refractivity contribution in [2.24, 2.45) is 0 Å². The van der Waals surface area contributed by atoms with Gasteiger partial charge in [0, 0.05) is 63.5 Å². The van der Waals surface area contributed by atoms with E-state index in [0.717, 1.165) is 55.0 Å². The van der Waals surface area contributed by atoms with E-state index in [2.05, 4.69) is 42.1 Å². The summed E-state index contributed by atoms with van der Waals surface area (Å²) >= 11 is 0. The first-order valence-electron chi connectivity index (χ1n) is 9.71. The molecule has 0 radical (unpaired) electrons. The van der Waals surface area contributed by atoms with Crippen molar-refractivity contribution in [3.63, 3.8) is 0 Å². The number of halogens is 1. The molecule has 1 aromatic heterocycles. The first kappa shape index (κ1) is 19.0. The topological polar surface area (TPSA) is 47.5 Å². The molecule has 3 aromatic rings. The molecule has 0 amide bonds. The van der Waals surface area contributed by atoms with E-state index in [4.69, 9.17) is 0 Å². The van der Waals surface area contributed by atoms with Crippen LogP contribution in [0, 0.1) is 5.82 Å². The fourth-order valence-electron chi connectivity index (χ4n) is 3.38. The van der Waals surface area contributed by atoms with Crippen LogP contribution in [-0.4, -0.2) is 50.2 Å². The van der Waals surface area contributed by atoms with Crippen LogP contribution in [0.25, 0.3) is 0 Å². The van der Waals surface area contributed by atoms with Crippen LogP contribution >= 0.6 is 0 Å². The highest BCUT2D eigenvalue weighted by Gasteiger charge is 2.19. The van der Waals surface area contributed by atoms with E-state index in [1.54, 1.807) is 6.20 Å². The van der Waals surface area contributed by atoms with E-state index in [1.165, 1.54) is 12.1 Å². The molecule has 150 valence electrons. The van der Waals surface area contributed by atoms with Gasteiger partial charge in [-0.2, -0.15) is 4.98 Å². The van der Waals surface area contributed by atoms with E-state index < -0.39 is 0 Å². The molecule has 6 nitrogen and oxygen atoms in total. The summed E-state index contributed by atoms with van der Waals surface area (Å²) in [6.07, 6.45) is 1.78. The quantitative estimate of drug-likeness (QED) is 0.714. The van der Waals surface area contributed by atoms with Crippen LogP contribution in [0.15, 0.2) is 60.8 Å². The number of aromatic nitrogens is 2. The SMILES string of the molecule is CN(C)c1ccc(Nc2ccnc(N3CCN(c4ccc(F)cc4)CC3)n2)cc1. The zero-order chi connectivity index (χ0) is 20.2. The summed E-state index contributed by atoms with van der Waals surface area (Å²) in [6, 6.07) is 16.8. The third kappa shape index (κ3) is 4.56. The number of nitrogens with one attached hydrogen (secondary N) is 1. The van der Waals surface area contributed by atoms with Crippen LogP contribution in [0.4, 0.5) is 33.2 Å². The fourth-order valence-corrected chi connectivity index (χ4v) is 3.38. The summed E-state index contributed by atoms with van der Waals surface area (Å²) in [5.74, 6) is 1.29. The van der Waals surface area contributed by atoms with Gasteiger partial charge in [-0.25, -0.2) is 9.37 Å². The van der Waals surface area contributed by atoms with Crippen molar-refractivity contribution in [2.45, 2.75) is 0 Å². The van der Waals surface area contributed by atoms with Gasteiger partial charge in [0.25, 0.3) is 0 Å². The third-order valence-electron chi connectivity index (χ3n) is 5.05. The van der Waals surface area contributed by atoms with Gasteiger partial charge in [0.15, 0.2) is 0 Å². The van der Waals surface area contributed by atoms with Crippen LogP contribution < -0.4 is 20.0 Å². The van der Waals surface area contributed by atoms with E-state index in [0.29, 0.717) is 0 Å². The van der Waals surface area contributed by atoms with Gasteiger partial charge in [0.1, 0.15) is 11.6 Å². The maximum absolute atomic E-state index is 13.1. The van der Waals surface area contributed by atoms with Crippen molar-refractivity contribution in [1.29, 1.82) is 0 Å². The second-order valence-electron chi connectivity index (χ2n) is 7.26. The Balaban J connectivity index is 1.39. The van der Waals surface area contributed by atoms with Gasteiger partial charge in [-0.1, -0.05) is 0 Å². The van der Waals surface area contributed by atoms with Gasteiger partial charge in [-0.15, -0.1) is 0 Å². The van der Waals surface area contributed by atoms with Gasteiger partial charge < -0.3 is 20.0 Å². The van der Waals surface area contributed by atoms with Crippen molar-refractivity contribution in [3.05, 3.63) is 66.6 Å². The van der Waals surface area contributed by atoms with Crippen molar-refractivity contribution >= 4 is 28.8 Å². The zero-order valence-corrected chi connectivity index (χ0v) is 16.7. The Bertz CT molecular complexity index is 934. The largest absolute Gasteiger partial charge is 0.378 e. The molecule has 1 N–H and O–H groups in total. The average Bonchev–Trinajstić information content (AvgIpc) is 2.75. The molecule has 1 aliphatic rings. The molecule has 0 aliphatic carbocycles. The first-order chi connectivity index (χ1) is 14.1. The van der Waals surface area contributed by atoms with Gasteiger partial charge >= 0.3 is 0 Å². The fraction of sp³-hybridized carbons (Fsp3) is 0.273. The number of anilines is 5. The van der Waals surface area contributed by atoms with Crippen LogP contribution in [-0.2, 0) is 0 Å². The van der Waals surface area contributed by atoms with Crippen molar-refractivity contribution < 1.29 is 4.39 Å². The third-order valence-corrected chi connectivity index (χ3v) is 5.05. The summed E-state index contributed by atoms with van der Waals surface area (Å²) in [6.45, 7) is 3.33. The molecule has 1 fully saturated rings. The van der Waals surface area contributed by atoms with Crippen LogP contribution in [0.1, 0.15) is 0 Å². The van der Waals surface area contributed by atoms with E-state index >= 15 is 0 Å². The molecule has 1 saturated heterocycles. The van der Waals surface area contributed by atoms with Gasteiger partial charge in [-0.05, 0) is 54.6 Å². The lowest BCUT2D eigenvalue weighted by atomic mass is 10.2. The predicted molar refractivity (Wildman–Crippen MR) is 117 cm³/mol. The van der Waals surface area contributed by atoms with Crippen LogP contribution in [0.2, 0.25) is 0 Å². The highest BCUT2D eigenvalue weighted by atomic mass is 19.1. The molecular weight excluding hydrogens is 367 g/mol. The molecule has 2 heterocycles. The summed E-state index contributed by atoms with van der Waals surface area (Å²) < 4.78 is 13.1. The molecule has 0 unspecified atom stereocenters. The maximum Gasteiger partial charge on any atom is 0.227 e. The maximum atomic E-state index is 13.1. The Morgan fingerprint density at radius 3 is 2.17 bits per heavy atom. The number of rotatable bonds is 5. The molecule has 4 rings (SSSR count). The minimum atomic E-state index is -0.207. The molecule has 0 atom stereocenters. The minimum Gasteiger partial charge on any atom is -0.378 e. The standard InChI is InChI=1S/C22H25FN6/c1-27(2)19-9-5-18(6-10-19)25-21-11-12-24-22(26-21)29-15-13-28(14-16-29)20-7-3-17(23)4-8-20/h3-12H,13-16H2,1-2H3,(H,24,25,26). The summed E-state index contributed by atoms with van der Waals surface area (Å²) in [4.78, 5) is 15.6. The monoisotopic (exact) mass is 392 g/mol. The van der Waals surface area contributed by atoms with Gasteiger partial charge in [-0.3, -0.25) is 0 Å². The normalized spacial score (nSPS) is 14.0. The minimum absolute atomic E-state index is 0.207. The molecule has 0 spiro atoms. The molecular formula is C22H25FN6. The molecule has 7 heteroatoms. The Morgan fingerprint density at radius 1 is 0.862 bits per heavy atom. The highest BCUT2D eigenvalue weighted by Crippen LogP contribution is 2.22. The lowest BCUT2D eigenvalue weighted by Crippen LogP contribution is -2.47. The Hall–Kier alpha value is -3.35. The number of hydrogen-bond donors (Lipinski definition) is 1. The summed E-state index contributed by atoms with van der Waals surface area (Å²) in [5.41, 5.74) is 3.18. The molecule has 2 aromatic carbocycles. The smallest absolute Gasteiger partial charge is 0.227 e. The van der Waals surface area contributed by atoms with Crippen molar-refractivity contribution in [2.75, 3.05) is 60.3 Å². The van der Waals surface area contributed by atoms with E-state index in [9.17, 15) is 4.39 Å². The molecule has 0 saturated carbocycles. The molecule has 1 aliphatic heterocycles. The molecule has 0 bridgehead atoms. The second-order valence-corrected chi connectivity index (χ2v) is 7.26. The van der Waals surface area contributed by atoms with Gasteiger partial charge in [0.05, 0.1) is 0 Å². The van der Waals surface area contributed by atoms with Crippen LogP contribution in [0.3, 0.4) is 0 Å². The zero-order valence-electron chi connectivity index (χ0n) is 16.7. The average molecular weight is 392 g/mol. The number of piperazine rings is 1. The first-order valence-corrected chi connectivity index (χ1v) is 9.71. The Labute approximate surface area is 170 Å².